The molecule has 1 heterocycles. The van der Waals surface area contributed by atoms with Gasteiger partial charge in [0.2, 0.25) is 0 Å². The molecule has 12 heavy (non-hydrogen) atoms. The highest BCUT2D eigenvalue weighted by molar-refractivity contribution is 5.83. The summed E-state index contributed by atoms with van der Waals surface area (Å²) in [4.78, 5) is 23.6. The van der Waals surface area contributed by atoms with Gasteiger partial charge in [-0.05, 0) is 0 Å². The van der Waals surface area contributed by atoms with E-state index in [1.54, 1.807) is 4.90 Å². The monoisotopic (exact) mass is 171 g/mol. The highest BCUT2D eigenvalue weighted by Gasteiger charge is 2.26. The average Bonchev–Trinajstić information content (AvgIpc) is 2.08. The summed E-state index contributed by atoms with van der Waals surface area (Å²) < 4.78 is 4.55. The van der Waals surface area contributed by atoms with E-state index >= 15 is 0 Å². The number of ether oxygens (including phenoxy) is 1. The molecule has 4 nitrogen and oxygen atoms in total. The largest absolute Gasteiger partial charge is 0.453 e. The number of piperidine rings is 1. The molecule has 0 spiro atoms. The standard InChI is InChI=1S/C8H13NO3/c1-6-5-9(8(11)12-2)4-3-7(6)10/h6H,3-5H2,1-2H3/t6-/m1/s1. The highest BCUT2D eigenvalue weighted by Crippen LogP contribution is 2.12. The van der Waals surface area contributed by atoms with Crippen LogP contribution >= 0.6 is 0 Å². The van der Waals surface area contributed by atoms with Crippen LogP contribution in [0.1, 0.15) is 13.3 Å². The maximum absolute atomic E-state index is 11.1. The molecule has 0 radical (unpaired) electrons. The topological polar surface area (TPSA) is 46.6 Å². The van der Waals surface area contributed by atoms with Crippen LogP contribution in [0.15, 0.2) is 0 Å². The molecule has 0 aromatic heterocycles. The minimum Gasteiger partial charge on any atom is -0.453 e. The van der Waals surface area contributed by atoms with E-state index in [0.29, 0.717) is 19.5 Å². The molecule has 1 fully saturated rings. The fourth-order valence-electron chi connectivity index (χ4n) is 1.31. The Morgan fingerprint density at radius 3 is 2.83 bits per heavy atom. The van der Waals surface area contributed by atoms with Crippen molar-refractivity contribution in [2.75, 3.05) is 20.2 Å². The molecule has 0 aliphatic carbocycles. The van der Waals surface area contributed by atoms with E-state index in [-0.39, 0.29) is 17.8 Å². The van der Waals surface area contributed by atoms with E-state index < -0.39 is 0 Å². The minimum absolute atomic E-state index is 0.0437. The third-order valence-electron chi connectivity index (χ3n) is 2.10. The Hall–Kier alpha value is -1.06. The van der Waals surface area contributed by atoms with Gasteiger partial charge in [0.1, 0.15) is 5.78 Å². The van der Waals surface area contributed by atoms with Crippen LogP contribution in [0.3, 0.4) is 0 Å². The summed E-state index contributed by atoms with van der Waals surface area (Å²) in [6.07, 6.45) is 0.116. The van der Waals surface area contributed by atoms with Crippen LogP contribution in [-0.2, 0) is 9.53 Å². The molecule has 1 saturated heterocycles. The number of Topliss-reactive ketones (excluding diaryl/α,β-unsaturated/α-hetero) is 1. The van der Waals surface area contributed by atoms with Gasteiger partial charge in [0, 0.05) is 25.4 Å². The SMILES string of the molecule is COC(=O)N1CCC(=O)[C@H](C)C1. The number of ketones is 1. The van der Waals surface area contributed by atoms with Gasteiger partial charge in [0.05, 0.1) is 7.11 Å². The van der Waals surface area contributed by atoms with Gasteiger partial charge in [-0.3, -0.25) is 4.79 Å². The molecule has 0 saturated carbocycles. The van der Waals surface area contributed by atoms with Crippen molar-refractivity contribution in [1.29, 1.82) is 0 Å². The number of rotatable bonds is 0. The molecule has 0 unspecified atom stereocenters. The van der Waals surface area contributed by atoms with Crippen molar-refractivity contribution < 1.29 is 14.3 Å². The van der Waals surface area contributed by atoms with Gasteiger partial charge >= 0.3 is 6.09 Å². The second-order valence-corrected chi connectivity index (χ2v) is 3.03. The number of hydrogen-bond donors (Lipinski definition) is 0. The molecule has 0 bridgehead atoms. The molecule has 4 heteroatoms. The van der Waals surface area contributed by atoms with Crippen molar-refractivity contribution >= 4 is 11.9 Å². The summed E-state index contributed by atoms with van der Waals surface area (Å²) in [6, 6.07) is 0. The Labute approximate surface area is 71.5 Å². The molecular weight excluding hydrogens is 158 g/mol. The van der Waals surface area contributed by atoms with E-state index in [1.807, 2.05) is 6.92 Å². The van der Waals surface area contributed by atoms with Gasteiger partial charge in [-0.2, -0.15) is 0 Å². The predicted octanol–water partition coefficient (Wildman–Crippen LogP) is 0.664. The summed E-state index contributed by atoms with van der Waals surface area (Å²) >= 11 is 0. The Morgan fingerprint density at radius 2 is 2.33 bits per heavy atom. The normalized spacial score (nSPS) is 24.0. The predicted molar refractivity (Wildman–Crippen MR) is 42.8 cm³/mol. The molecule has 68 valence electrons. The Kier molecular flexibility index (Phi) is 2.68. The number of amides is 1. The fraction of sp³-hybridized carbons (Fsp3) is 0.750. The molecular formula is C8H13NO3. The maximum atomic E-state index is 11.1. The average molecular weight is 171 g/mol. The van der Waals surface area contributed by atoms with Crippen molar-refractivity contribution in [2.24, 2.45) is 5.92 Å². The first-order valence-corrected chi connectivity index (χ1v) is 4.00. The molecule has 1 aliphatic heterocycles. The van der Waals surface area contributed by atoms with Gasteiger partial charge < -0.3 is 9.64 Å². The van der Waals surface area contributed by atoms with Gasteiger partial charge in [0.25, 0.3) is 0 Å². The van der Waals surface area contributed by atoms with Crippen LogP contribution in [0.4, 0.5) is 4.79 Å². The van der Waals surface area contributed by atoms with Crippen LogP contribution in [-0.4, -0.2) is 37.0 Å². The number of nitrogens with zero attached hydrogens (tertiary/aromatic N) is 1. The zero-order chi connectivity index (χ0) is 9.14. The first-order valence-electron chi connectivity index (χ1n) is 4.00. The zero-order valence-electron chi connectivity index (χ0n) is 7.37. The first kappa shape index (κ1) is 9.03. The Balaban J connectivity index is 2.50. The molecule has 1 rings (SSSR count). The lowest BCUT2D eigenvalue weighted by Gasteiger charge is -2.28. The van der Waals surface area contributed by atoms with E-state index in [1.165, 1.54) is 7.11 Å². The van der Waals surface area contributed by atoms with Crippen LogP contribution < -0.4 is 0 Å². The van der Waals surface area contributed by atoms with E-state index in [0.717, 1.165) is 0 Å². The smallest absolute Gasteiger partial charge is 0.409 e. The van der Waals surface area contributed by atoms with Crippen molar-refractivity contribution in [1.82, 2.24) is 4.90 Å². The third-order valence-corrected chi connectivity index (χ3v) is 2.10. The molecule has 1 aliphatic rings. The van der Waals surface area contributed by atoms with Crippen molar-refractivity contribution in [2.45, 2.75) is 13.3 Å². The molecule has 0 aromatic rings. The van der Waals surface area contributed by atoms with Crippen LogP contribution in [0.2, 0.25) is 0 Å². The van der Waals surface area contributed by atoms with Gasteiger partial charge in [-0.15, -0.1) is 0 Å². The lowest BCUT2D eigenvalue weighted by Crippen LogP contribution is -2.43. The summed E-state index contributed by atoms with van der Waals surface area (Å²) in [5.74, 6) is 0.188. The maximum Gasteiger partial charge on any atom is 0.409 e. The van der Waals surface area contributed by atoms with Crippen LogP contribution in [0.5, 0.6) is 0 Å². The Morgan fingerprint density at radius 1 is 1.67 bits per heavy atom. The second kappa shape index (κ2) is 3.56. The lowest BCUT2D eigenvalue weighted by atomic mass is 9.99. The van der Waals surface area contributed by atoms with Gasteiger partial charge in [-0.25, -0.2) is 4.79 Å². The Bertz CT molecular complexity index is 202. The van der Waals surface area contributed by atoms with Crippen molar-refractivity contribution in [3.63, 3.8) is 0 Å². The third kappa shape index (κ3) is 1.75. The summed E-state index contributed by atoms with van der Waals surface area (Å²) in [5.41, 5.74) is 0. The van der Waals surface area contributed by atoms with Gasteiger partial charge in [0.15, 0.2) is 0 Å². The first-order chi connectivity index (χ1) is 5.65. The fourth-order valence-corrected chi connectivity index (χ4v) is 1.31. The van der Waals surface area contributed by atoms with E-state index in [2.05, 4.69) is 4.74 Å². The number of likely N-dealkylation sites (tertiary alicyclic amines) is 1. The summed E-state index contributed by atoms with van der Waals surface area (Å²) in [5, 5.41) is 0. The minimum atomic E-state index is -0.339. The van der Waals surface area contributed by atoms with Crippen molar-refractivity contribution in [3.05, 3.63) is 0 Å². The summed E-state index contributed by atoms with van der Waals surface area (Å²) in [7, 11) is 1.35. The summed E-state index contributed by atoms with van der Waals surface area (Å²) in [6.45, 7) is 2.82. The number of hydrogen-bond acceptors (Lipinski definition) is 3. The van der Waals surface area contributed by atoms with E-state index in [9.17, 15) is 9.59 Å². The quantitative estimate of drug-likeness (QED) is 0.538. The highest BCUT2D eigenvalue weighted by atomic mass is 16.5. The molecule has 0 aromatic carbocycles. The second-order valence-electron chi connectivity index (χ2n) is 3.03. The lowest BCUT2D eigenvalue weighted by molar-refractivity contribution is -0.125. The van der Waals surface area contributed by atoms with Crippen LogP contribution in [0.25, 0.3) is 0 Å². The van der Waals surface area contributed by atoms with Crippen molar-refractivity contribution in [3.8, 4) is 0 Å². The van der Waals surface area contributed by atoms with E-state index in [4.69, 9.17) is 0 Å². The number of carbonyl (C=O) groups is 2. The number of methoxy groups -OCH3 is 1. The number of carbonyl (C=O) groups excluding carboxylic acids is 2. The van der Waals surface area contributed by atoms with Crippen LogP contribution in [0, 0.1) is 5.92 Å². The molecule has 0 N–H and O–H groups in total. The molecule has 1 amide bonds. The molecule has 1 atom stereocenters. The zero-order valence-corrected chi connectivity index (χ0v) is 7.37. The van der Waals surface area contributed by atoms with Gasteiger partial charge in [-0.1, -0.05) is 6.92 Å².